The molecule has 4 rings (SSSR count). The Bertz CT molecular complexity index is 1130. The van der Waals surface area contributed by atoms with Crippen molar-refractivity contribution in [3.8, 4) is 17.2 Å². The summed E-state index contributed by atoms with van der Waals surface area (Å²) >= 11 is 5.71. The summed E-state index contributed by atoms with van der Waals surface area (Å²) in [6.07, 6.45) is -0.104. The molecule has 0 saturated carbocycles. The third kappa shape index (κ3) is 5.95. The minimum absolute atomic E-state index is 0.00863. The minimum Gasteiger partial charge on any atom is -0.497 e. The van der Waals surface area contributed by atoms with Crippen LogP contribution in [0.15, 0.2) is 40.8 Å². The second-order valence-corrected chi connectivity index (χ2v) is 7.46. The average molecular weight is 481 g/mol. The smallest absolute Gasteiger partial charge is 0.323 e. The number of carbonyl (C=O) groups is 2. The van der Waals surface area contributed by atoms with E-state index in [0.717, 1.165) is 22.6 Å². The molecule has 0 radical (unpaired) electrons. The van der Waals surface area contributed by atoms with Crippen LogP contribution < -0.4 is 10.5 Å². The van der Waals surface area contributed by atoms with Crippen LogP contribution in [-0.4, -0.2) is 52.3 Å². The third-order valence-corrected chi connectivity index (χ3v) is 5.02. The van der Waals surface area contributed by atoms with Gasteiger partial charge in [0.2, 0.25) is 11.8 Å². The van der Waals surface area contributed by atoms with E-state index >= 15 is 0 Å². The summed E-state index contributed by atoms with van der Waals surface area (Å²) in [5.74, 6) is -3.41. The van der Waals surface area contributed by atoms with Crippen LogP contribution in [0, 0.1) is 11.6 Å². The lowest BCUT2D eigenvalue weighted by molar-refractivity contribution is -0.142. The van der Waals surface area contributed by atoms with Gasteiger partial charge in [-0.2, -0.15) is 0 Å². The summed E-state index contributed by atoms with van der Waals surface area (Å²) in [4.78, 5) is 23.3. The lowest BCUT2D eigenvalue weighted by atomic mass is 9.97. The lowest BCUT2D eigenvalue weighted by Crippen LogP contribution is -2.31. The van der Waals surface area contributed by atoms with Crippen LogP contribution in [0.25, 0.3) is 11.5 Å². The van der Waals surface area contributed by atoms with E-state index in [2.05, 4.69) is 10.2 Å². The molecule has 1 fully saturated rings. The monoisotopic (exact) mass is 480 g/mol. The van der Waals surface area contributed by atoms with Gasteiger partial charge in [0, 0.05) is 47.2 Å². The van der Waals surface area contributed by atoms with Crippen molar-refractivity contribution in [1.82, 2.24) is 15.1 Å². The first kappa shape index (κ1) is 23.9. The number of ether oxygens (including phenoxy) is 1. The van der Waals surface area contributed by atoms with E-state index in [4.69, 9.17) is 31.6 Å². The number of aliphatic carboxylic acids is 1. The van der Waals surface area contributed by atoms with E-state index in [-0.39, 0.29) is 30.3 Å². The quantitative estimate of drug-likeness (QED) is 0.568. The Labute approximate surface area is 191 Å². The highest BCUT2D eigenvalue weighted by molar-refractivity contribution is 6.30. The van der Waals surface area contributed by atoms with E-state index < -0.39 is 36.0 Å². The predicted octanol–water partition coefficient (Wildman–Crippen LogP) is 3.35. The highest BCUT2D eigenvalue weighted by atomic mass is 35.5. The SMILES string of the molecule is COc1cc(F)c(C2CC(=O)N(CC(=O)O)C2)c(F)c1.Nc1nnc(-c2ccc(Cl)cc2)o1. The molecular formula is C21H19ClF2N4O5. The summed E-state index contributed by atoms with van der Waals surface area (Å²) < 4.78 is 37.6. The summed E-state index contributed by atoms with van der Waals surface area (Å²) in [6, 6.07) is 9.22. The molecule has 2 aromatic carbocycles. The van der Waals surface area contributed by atoms with Crippen LogP contribution in [0.3, 0.4) is 0 Å². The molecule has 3 N–H and O–H groups in total. The van der Waals surface area contributed by atoms with Crippen molar-refractivity contribution in [2.75, 3.05) is 25.9 Å². The Hall–Kier alpha value is -3.73. The number of carbonyl (C=O) groups excluding carboxylic acids is 1. The molecule has 1 saturated heterocycles. The van der Waals surface area contributed by atoms with Crippen molar-refractivity contribution in [3.63, 3.8) is 0 Å². The van der Waals surface area contributed by atoms with Gasteiger partial charge in [-0.25, -0.2) is 8.78 Å². The fourth-order valence-corrected chi connectivity index (χ4v) is 3.42. The molecule has 9 nitrogen and oxygen atoms in total. The van der Waals surface area contributed by atoms with E-state index in [0.29, 0.717) is 10.9 Å². The summed E-state index contributed by atoms with van der Waals surface area (Å²) in [7, 11) is 1.29. The van der Waals surface area contributed by atoms with Crippen molar-refractivity contribution >= 4 is 29.5 Å². The van der Waals surface area contributed by atoms with Crippen molar-refractivity contribution in [2.45, 2.75) is 12.3 Å². The highest BCUT2D eigenvalue weighted by Gasteiger charge is 2.35. The molecular weight excluding hydrogens is 462 g/mol. The maximum absolute atomic E-state index is 13.9. The fraction of sp³-hybridized carbons (Fsp3) is 0.238. The maximum Gasteiger partial charge on any atom is 0.323 e. The minimum atomic E-state index is -1.16. The number of carboxylic acids is 1. The number of anilines is 1. The molecule has 1 unspecified atom stereocenters. The van der Waals surface area contributed by atoms with Crippen LogP contribution >= 0.6 is 11.6 Å². The summed E-state index contributed by atoms with van der Waals surface area (Å²) in [6.45, 7) is -0.472. The Morgan fingerprint density at radius 3 is 2.42 bits per heavy atom. The number of benzene rings is 2. The maximum atomic E-state index is 13.9. The van der Waals surface area contributed by atoms with Crippen LogP contribution in [-0.2, 0) is 9.59 Å². The van der Waals surface area contributed by atoms with E-state index in [1.807, 2.05) is 0 Å². The molecule has 33 heavy (non-hydrogen) atoms. The first-order valence-corrected chi connectivity index (χ1v) is 9.93. The Balaban J connectivity index is 0.000000203. The molecule has 1 amide bonds. The first-order valence-electron chi connectivity index (χ1n) is 9.55. The molecule has 3 aromatic rings. The summed E-state index contributed by atoms with van der Waals surface area (Å²) in [5.41, 5.74) is 5.88. The second kappa shape index (κ2) is 10.3. The molecule has 0 spiro atoms. The van der Waals surface area contributed by atoms with Crippen molar-refractivity contribution in [3.05, 3.63) is 58.6 Å². The Kier molecular flexibility index (Phi) is 7.44. The van der Waals surface area contributed by atoms with Gasteiger partial charge in [0.1, 0.15) is 23.9 Å². The second-order valence-electron chi connectivity index (χ2n) is 7.03. The number of amides is 1. The van der Waals surface area contributed by atoms with Gasteiger partial charge in [-0.05, 0) is 24.3 Å². The predicted molar refractivity (Wildman–Crippen MR) is 114 cm³/mol. The van der Waals surface area contributed by atoms with Gasteiger partial charge in [-0.1, -0.05) is 16.7 Å². The van der Waals surface area contributed by atoms with Crippen molar-refractivity contribution in [2.24, 2.45) is 0 Å². The number of nitrogen functional groups attached to an aromatic ring is 1. The van der Waals surface area contributed by atoms with E-state index in [9.17, 15) is 18.4 Å². The molecule has 0 bridgehead atoms. The van der Waals surface area contributed by atoms with Gasteiger partial charge in [-0.3, -0.25) is 9.59 Å². The Morgan fingerprint density at radius 2 is 1.91 bits per heavy atom. The number of likely N-dealkylation sites (tertiary alicyclic amines) is 1. The molecule has 1 atom stereocenters. The molecule has 1 aliphatic heterocycles. The topological polar surface area (TPSA) is 132 Å². The molecule has 174 valence electrons. The zero-order valence-corrected chi connectivity index (χ0v) is 18.1. The molecule has 1 aromatic heterocycles. The number of methoxy groups -OCH3 is 1. The number of carboxylic acid groups (broad SMARTS) is 1. The normalized spacial score (nSPS) is 15.2. The van der Waals surface area contributed by atoms with Gasteiger partial charge >= 0.3 is 12.0 Å². The van der Waals surface area contributed by atoms with Crippen molar-refractivity contribution in [1.29, 1.82) is 0 Å². The molecule has 0 aliphatic carbocycles. The lowest BCUT2D eigenvalue weighted by Gasteiger charge is -2.15. The molecule has 12 heteroatoms. The fourth-order valence-electron chi connectivity index (χ4n) is 3.29. The highest BCUT2D eigenvalue weighted by Crippen LogP contribution is 2.33. The zero-order valence-electron chi connectivity index (χ0n) is 17.3. The van der Waals surface area contributed by atoms with Gasteiger partial charge in [0.05, 0.1) is 7.11 Å². The third-order valence-electron chi connectivity index (χ3n) is 4.77. The Morgan fingerprint density at radius 1 is 1.27 bits per heavy atom. The number of hydrogen-bond donors (Lipinski definition) is 2. The average Bonchev–Trinajstić information content (AvgIpc) is 3.34. The van der Waals surface area contributed by atoms with Crippen LogP contribution in [0.4, 0.5) is 14.8 Å². The number of rotatable bonds is 5. The molecule has 1 aliphatic rings. The van der Waals surface area contributed by atoms with Gasteiger partial charge in [0.25, 0.3) is 0 Å². The van der Waals surface area contributed by atoms with Gasteiger partial charge in [-0.15, -0.1) is 5.10 Å². The number of nitrogens with two attached hydrogens (primary N) is 1. The number of halogens is 3. The summed E-state index contributed by atoms with van der Waals surface area (Å²) in [5, 5.41) is 16.6. The van der Waals surface area contributed by atoms with E-state index in [1.54, 1.807) is 24.3 Å². The number of nitrogens with zero attached hydrogens (tertiary/aromatic N) is 3. The van der Waals surface area contributed by atoms with Crippen molar-refractivity contribution < 1.29 is 32.6 Å². The molecule has 2 heterocycles. The van der Waals surface area contributed by atoms with Crippen LogP contribution in [0.5, 0.6) is 5.75 Å². The standard InChI is InChI=1S/C13H13F2NO4.C8H6ClN3O/c1-20-8-3-9(14)13(10(15)4-8)7-2-11(17)16(5-7)6-12(18)19;9-6-3-1-5(2-4-6)7-11-12-8(10)13-7/h3-4,7H,2,5-6H2,1H3,(H,18,19);1-4H,(H2,10,12). The first-order chi connectivity index (χ1) is 15.7. The van der Waals surface area contributed by atoms with Crippen LogP contribution in [0.1, 0.15) is 17.9 Å². The number of hydrogen-bond acceptors (Lipinski definition) is 7. The largest absolute Gasteiger partial charge is 0.497 e. The van der Waals surface area contributed by atoms with E-state index in [1.165, 1.54) is 7.11 Å². The number of aromatic nitrogens is 2. The van der Waals surface area contributed by atoms with Gasteiger partial charge in [0.15, 0.2) is 0 Å². The van der Waals surface area contributed by atoms with Gasteiger partial charge < -0.3 is 24.9 Å². The van der Waals surface area contributed by atoms with Crippen LogP contribution in [0.2, 0.25) is 5.02 Å². The zero-order chi connectivity index (χ0) is 24.1.